The lowest BCUT2D eigenvalue weighted by Crippen LogP contribution is -2.38. The molecule has 34 heavy (non-hydrogen) atoms. The highest BCUT2D eigenvalue weighted by atomic mass is 16.6. The molecule has 4 rings (SSSR count). The van der Waals surface area contributed by atoms with Gasteiger partial charge in [-0.1, -0.05) is 0 Å². The van der Waals surface area contributed by atoms with E-state index in [9.17, 15) is 19.7 Å². The van der Waals surface area contributed by atoms with Crippen molar-refractivity contribution in [1.29, 1.82) is 0 Å². The molecular weight excluding hydrogens is 442 g/mol. The van der Waals surface area contributed by atoms with Gasteiger partial charge < -0.3 is 24.0 Å². The number of carbonyl (C=O) groups excluding carboxylic acids is 2. The van der Waals surface area contributed by atoms with Crippen molar-refractivity contribution >= 4 is 23.3 Å². The Kier molecular flexibility index (Phi) is 6.85. The van der Waals surface area contributed by atoms with Crippen molar-refractivity contribution in [2.75, 3.05) is 45.4 Å². The summed E-state index contributed by atoms with van der Waals surface area (Å²) in [5.41, 5.74) is 2.51. The third-order valence-electron chi connectivity index (χ3n) is 6.26. The van der Waals surface area contributed by atoms with Crippen molar-refractivity contribution in [1.82, 2.24) is 4.90 Å². The van der Waals surface area contributed by atoms with Gasteiger partial charge in [0.1, 0.15) is 0 Å². The summed E-state index contributed by atoms with van der Waals surface area (Å²) in [6, 6.07) is 7.94. The number of nitro benzene ring substituents is 1. The van der Waals surface area contributed by atoms with Gasteiger partial charge in [0.2, 0.25) is 0 Å². The number of hydrogen-bond donors (Lipinski definition) is 0. The van der Waals surface area contributed by atoms with E-state index in [1.165, 1.54) is 12.1 Å². The molecule has 10 nitrogen and oxygen atoms in total. The first kappa shape index (κ1) is 23.3. The van der Waals surface area contributed by atoms with Gasteiger partial charge in [0, 0.05) is 38.3 Å². The van der Waals surface area contributed by atoms with E-state index in [1.54, 1.807) is 25.2 Å². The molecule has 0 aromatic heterocycles. The molecule has 0 N–H and O–H groups in total. The molecule has 1 saturated heterocycles. The van der Waals surface area contributed by atoms with Crippen LogP contribution in [0.25, 0.3) is 0 Å². The monoisotopic (exact) mass is 469 g/mol. The minimum atomic E-state index is -0.747. The quantitative estimate of drug-likeness (QED) is 0.346. The van der Waals surface area contributed by atoms with Crippen molar-refractivity contribution in [3.05, 3.63) is 57.1 Å². The Balaban J connectivity index is 1.45. The number of amides is 1. The fraction of sp³-hybridized carbons (Fsp3) is 0.417. The lowest BCUT2D eigenvalue weighted by Gasteiger charge is -2.29. The molecule has 0 spiro atoms. The minimum Gasteiger partial charge on any atom is -0.493 e. The number of fused-ring (bicyclic) bond motifs is 1. The van der Waals surface area contributed by atoms with Crippen LogP contribution < -0.4 is 14.4 Å². The third-order valence-corrected chi connectivity index (χ3v) is 6.26. The zero-order valence-electron chi connectivity index (χ0n) is 19.2. The Bertz CT molecular complexity index is 1110. The van der Waals surface area contributed by atoms with E-state index in [0.29, 0.717) is 36.7 Å². The number of hydrogen-bond acceptors (Lipinski definition) is 8. The second-order valence-electron chi connectivity index (χ2n) is 8.27. The number of rotatable bonds is 7. The standard InChI is InChI=1S/C24H27N3O7/c1-32-21-11-16-7-10-26(14-17(16)12-22(21)33-2)23(28)15-34-24(29)19-13-18(27(30)31)5-6-20(19)25-8-3-4-9-25/h5-6,11-13H,3-4,7-10,14-15H2,1-2H3. The van der Waals surface area contributed by atoms with E-state index < -0.39 is 17.5 Å². The molecule has 1 amide bonds. The highest BCUT2D eigenvalue weighted by Crippen LogP contribution is 2.33. The van der Waals surface area contributed by atoms with Crippen LogP contribution in [0.15, 0.2) is 30.3 Å². The smallest absolute Gasteiger partial charge is 0.341 e. The van der Waals surface area contributed by atoms with Gasteiger partial charge in [-0.3, -0.25) is 14.9 Å². The van der Waals surface area contributed by atoms with Gasteiger partial charge in [-0.05, 0) is 48.6 Å². The normalized spacial score (nSPS) is 15.0. The summed E-state index contributed by atoms with van der Waals surface area (Å²) in [6.07, 6.45) is 2.60. The Morgan fingerprint density at radius 3 is 2.32 bits per heavy atom. The second-order valence-corrected chi connectivity index (χ2v) is 8.27. The average molecular weight is 469 g/mol. The number of non-ortho nitro benzene ring substituents is 1. The van der Waals surface area contributed by atoms with Crippen LogP contribution in [-0.2, 0) is 22.5 Å². The predicted octanol–water partition coefficient (Wildman–Crippen LogP) is 2.95. The molecule has 0 saturated carbocycles. The van der Waals surface area contributed by atoms with Crippen LogP contribution >= 0.6 is 0 Å². The number of methoxy groups -OCH3 is 2. The maximum Gasteiger partial charge on any atom is 0.341 e. The molecule has 0 atom stereocenters. The third kappa shape index (κ3) is 4.75. The average Bonchev–Trinajstić information content (AvgIpc) is 3.40. The summed E-state index contributed by atoms with van der Waals surface area (Å²) in [6.45, 7) is 1.93. The van der Waals surface area contributed by atoms with Crippen LogP contribution in [0.5, 0.6) is 11.5 Å². The van der Waals surface area contributed by atoms with Crippen LogP contribution in [-0.4, -0.2) is 62.2 Å². The predicted molar refractivity (Wildman–Crippen MR) is 123 cm³/mol. The number of benzene rings is 2. The van der Waals surface area contributed by atoms with E-state index >= 15 is 0 Å². The largest absolute Gasteiger partial charge is 0.493 e. The number of anilines is 1. The van der Waals surface area contributed by atoms with Crippen LogP contribution in [0.2, 0.25) is 0 Å². The summed E-state index contributed by atoms with van der Waals surface area (Å²) < 4.78 is 16.0. The highest BCUT2D eigenvalue weighted by molar-refractivity contribution is 5.97. The number of nitro groups is 1. The van der Waals surface area contributed by atoms with Gasteiger partial charge in [-0.25, -0.2) is 4.79 Å². The Hall–Kier alpha value is -3.82. The van der Waals surface area contributed by atoms with Gasteiger partial charge in [0.05, 0.1) is 30.4 Å². The SMILES string of the molecule is COc1cc2c(cc1OC)CN(C(=O)COC(=O)c1cc([N+](=O)[O-])ccc1N1CCCC1)CC2. The molecule has 0 aliphatic carbocycles. The summed E-state index contributed by atoms with van der Waals surface area (Å²) in [5.74, 6) is 0.146. The zero-order chi connectivity index (χ0) is 24.2. The van der Waals surface area contributed by atoms with Crippen LogP contribution in [0.4, 0.5) is 11.4 Å². The van der Waals surface area contributed by atoms with Crippen LogP contribution in [0.1, 0.15) is 34.3 Å². The number of carbonyl (C=O) groups is 2. The maximum absolute atomic E-state index is 12.9. The summed E-state index contributed by atoms with van der Waals surface area (Å²) >= 11 is 0. The zero-order valence-corrected chi connectivity index (χ0v) is 19.2. The molecule has 2 aliphatic heterocycles. The van der Waals surface area contributed by atoms with Crippen molar-refractivity contribution in [2.45, 2.75) is 25.8 Å². The maximum atomic E-state index is 12.9. The molecule has 2 aromatic rings. The molecule has 2 heterocycles. The molecule has 0 radical (unpaired) electrons. The second kappa shape index (κ2) is 9.98. The van der Waals surface area contributed by atoms with E-state index in [-0.39, 0.29) is 17.2 Å². The van der Waals surface area contributed by atoms with Gasteiger partial charge in [0.25, 0.3) is 11.6 Å². The number of ether oxygens (including phenoxy) is 3. The van der Waals surface area contributed by atoms with Crippen LogP contribution in [0, 0.1) is 10.1 Å². The van der Waals surface area contributed by atoms with E-state index in [0.717, 1.165) is 37.1 Å². The lowest BCUT2D eigenvalue weighted by atomic mass is 9.99. The topological polar surface area (TPSA) is 111 Å². The molecule has 1 fully saturated rings. The van der Waals surface area contributed by atoms with Crippen LogP contribution in [0.3, 0.4) is 0 Å². The van der Waals surface area contributed by atoms with E-state index in [2.05, 4.69) is 0 Å². The minimum absolute atomic E-state index is 0.102. The van der Waals surface area contributed by atoms with Crippen molar-refractivity contribution in [3.63, 3.8) is 0 Å². The number of nitrogens with zero attached hydrogens (tertiary/aromatic N) is 3. The first-order chi connectivity index (χ1) is 16.4. The Morgan fingerprint density at radius 1 is 1.00 bits per heavy atom. The van der Waals surface area contributed by atoms with Crippen molar-refractivity contribution in [3.8, 4) is 11.5 Å². The molecule has 0 unspecified atom stereocenters. The van der Waals surface area contributed by atoms with Gasteiger partial charge in [-0.2, -0.15) is 0 Å². The van der Waals surface area contributed by atoms with Gasteiger partial charge in [0.15, 0.2) is 18.1 Å². The number of esters is 1. The first-order valence-electron chi connectivity index (χ1n) is 11.1. The summed E-state index contributed by atoms with van der Waals surface area (Å²) in [7, 11) is 3.13. The Morgan fingerprint density at radius 2 is 1.68 bits per heavy atom. The van der Waals surface area contributed by atoms with Gasteiger partial charge >= 0.3 is 5.97 Å². The van der Waals surface area contributed by atoms with Crippen molar-refractivity contribution < 1.29 is 28.7 Å². The molecule has 0 bridgehead atoms. The molecule has 180 valence electrons. The fourth-order valence-electron chi connectivity index (χ4n) is 4.43. The molecule has 2 aliphatic rings. The molecule has 2 aromatic carbocycles. The lowest BCUT2D eigenvalue weighted by molar-refractivity contribution is -0.384. The fourth-order valence-corrected chi connectivity index (χ4v) is 4.43. The summed E-state index contributed by atoms with van der Waals surface area (Å²) in [4.78, 5) is 40.0. The Labute approximate surface area is 197 Å². The van der Waals surface area contributed by atoms with E-state index in [1.807, 2.05) is 17.0 Å². The van der Waals surface area contributed by atoms with Gasteiger partial charge in [-0.15, -0.1) is 0 Å². The summed E-state index contributed by atoms with van der Waals surface area (Å²) in [5, 5.41) is 11.2. The van der Waals surface area contributed by atoms with E-state index in [4.69, 9.17) is 14.2 Å². The first-order valence-corrected chi connectivity index (χ1v) is 11.1. The highest BCUT2D eigenvalue weighted by Gasteiger charge is 2.26. The van der Waals surface area contributed by atoms with Crippen molar-refractivity contribution in [2.24, 2.45) is 0 Å². The molecular formula is C24H27N3O7. The molecule has 10 heteroatoms.